The van der Waals surface area contributed by atoms with E-state index in [0.717, 1.165) is 16.1 Å². The SMILES string of the molecule is O=C(C=Cc1ccc(Br)cc1)c1ccc([N+](=O)[O-])o1. The molecule has 96 valence electrons. The van der Waals surface area contributed by atoms with E-state index in [1.54, 1.807) is 6.08 Å². The van der Waals surface area contributed by atoms with Crippen molar-refractivity contribution in [2.75, 3.05) is 0 Å². The first-order valence-electron chi connectivity index (χ1n) is 5.28. The van der Waals surface area contributed by atoms with Gasteiger partial charge in [0.2, 0.25) is 5.78 Å². The Kier molecular flexibility index (Phi) is 3.91. The van der Waals surface area contributed by atoms with Gasteiger partial charge in [-0.2, -0.15) is 0 Å². The lowest BCUT2D eigenvalue weighted by atomic mass is 10.2. The van der Waals surface area contributed by atoms with Crippen LogP contribution in [0.15, 0.2) is 51.4 Å². The van der Waals surface area contributed by atoms with Gasteiger partial charge in [-0.3, -0.25) is 14.9 Å². The number of rotatable bonds is 4. The van der Waals surface area contributed by atoms with Crippen LogP contribution in [0.25, 0.3) is 6.08 Å². The molecule has 0 unspecified atom stereocenters. The third kappa shape index (κ3) is 3.38. The number of ketones is 1. The van der Waals surface area contributed by atoms with Crippen molar-refractivity contribution < 1.29 is 14.1 Å². The summed E-state index contributed by atoms with van der Waals surface area (Å²) in [7, 11) is 0. The maximum absolute atomic E-state index is 11.7. The number of hydrogen-bond donors (Lipinski definition) is 0. The van der Waals surface area contributed by atoms with E-state index in [0.29, 0.717) is 0 Å². The topological polar surface area (TPSA) is 73.3 Å². The summed E-state index contributed by atoms with van der Waals surface area (Å²) >= 11 is 3.31. The predicted octanol–water partition coefficient (Wildman–Crippen LogP) is 3.85. The van der Waals surface area contributed by atoms with Gasteiger partial charge >= 0.3 is 5.88 Å². The molecule has 0 aliphatic heterocycles. The van der Waals surface area contributed by atoms with Gasteiger partial charge in [0.05, 0.1) is 6.07 Å². The monoisotopic (exact) mass is 321 g/mol. The zero-order valence-electron chi connectivity index (χ0n) is 9.58. The Labute approximate surface area is 116 Å². The number of allylic oxidation sites excluding steroid dienone is 1. The fourth-order valence-electron chi connectivity index (χ4n) is 1.39. The lowest BCUT2D eigenvalue weighted by Crippen LogP contribution is -1.91. The molecule has 0 fully saturated rings. The number of nitro groups is 1. The molecule has 1 heterocycles. The molecule has 1 aromatic heterocycles. The summed E-state index contributed by atoms with van der Waals surface area (Å²) in [5.74, 6) is -0.920. The third-order valence-electron chi connectivity index (χ3n) is 2.31. The number of carbonyl (C=O) groups is 1. The Morgan fingerprint density at radius 3 is 2.47 bits per heavy atom. The second-order valence-electron chi connectivity index (χ2n) is 3.64. The van der Waals surface area contributed by atoms with E-state index in [1.807, 2.05) is 24.3 Å². The average Bonchev–Trinajstić information content (AvgIpc) is 2.87. The molecule has 2 rings (SSSR count). The van der Waals surface area contributed by atoms with Crippen molar-refractivity contribution >= 4 is 33.7 Å². The highest BCUT2D eigenvalue weighted by Crippen LogP contribution is 2.17. The smallest absolute Gasteiger partial charge is 0.397 e. The molecule has 6 heteroatoms. The standard InChI is InChI=1S/C13H8BrNO4/c14-10-4-1-9(2-5-10)3-6-11(16)12-7-8-13(19-12)15(17)18/h1-8H. The molecular formula is C13H8BrNO4. The summed E-state index contributed by atoms with van der Waals surface area (Å²) in [5.41, 5.74) is 0.845. The summed E-state index contributed by atoms with van der Waals surface area (Å²) in [6, 6.07) is 9.80. The maximum Gasteiger partial charge on any atom is 0.433 e. The summed E-state index contributed by atoms with van der Waals surface area (Å²) in [6.07, 6.45) is 2.93. The second-order valence-corrected chi connectivity index (χ2v) is 4.56. The van der Waals surface area contributed by atoms with Gasteiger partial charge in [-0.25, -0.2) is 0 Å². The van der Waals surface area contributed by atoms with Crippen LogP contribution in [0.4, 0.5) is 5.88 Å². The van der Waals surface area contributed by atoms with Gasteiger partial charge < -0.3 is 4.42 Å². The molecule has 0 N–H and O–H groups in total. The van der Waals surface area contributed by atoms with Crippen LogP contribution in [0.2, 0.25) is 0 Å². The molecule has 2 aromatic rings. The minimum atomic E-state index is -0.685. The summed E-state index contributed by atoms with van der Waals surface area (Å²) in [6.45, 7) is 0. The van der Waals surface area contributed by atoms with E-state index in [1.165, 1.54) is 12.1 Å². The van der Waals surface area contributed by atoms with Gasteiger partial charge in [0.1, 0.15) is 4.92 Å². The molecule has 0 bridgehead atoms. The van der Waals surface area contributed by atoms with Crippen LogP contribution in [0.3, 0.4) is 0 Å². The molecule has 0 radical (unpaired) electrons. The summed E-state index contributed by atoms with van der Waals surface area (Å²) < 4.78 is 5.75. The highest BCUT2D eigenvalue weighted by Gasteiger charge is 2.15. The number of carbonyl (C=O) groups excluding carboxylic acids is 1. The first-order chi connectivity index (χ1) is 9.06. The number of benzene rings is 1. The van der Waals surface area contributed by atoms with Crippen molar-refractivity contribution in [1.29, 1.82) is 0 Å². The number of furan rings is 1. The Balaban J connectivity index is 2.11. The van der Waals surface area contributed by atoms with Gasteiger partial charge in [-0.05, 0) is 29.8 Å². The fourth-order valence-corrected chi connectivity index (χ4v) is 1.65. The van der Waals surface area contributed by atoms with Crippen LogP contribution >= 0.6 is 15.9 Å². The molecule has 0 saturated carbocycles. The molecular weight excluding hydrogens is 314 g/mol. The first-order valence-corrected chi connectivity index (χ1v) is 6.08. The van der Waals surface area contributed by atoms with Gasteiger partial charge in [0.25, 0.3) is 0 Å². The first kappa shape index (κ1) is 13.2. The minimum Gasteiger partial charge on any atom is -0.397 e. The summed E-state index contributed by atoms with van der Waals surface area (Å²) in [4.78, 5) is 21.4. The highest BCUT2D eigenvalue weighted by atomic mass is 79.9. The molecule has 0 aliphatic carbocycles. The molecule has 0 spiro atoms. The van der Waals surface area contributed by atoms with Crippen LogP contribution in [-0.4, -0.2) is 10.7 Å². The second kappa shape index (κ2) is 5.62. The molecule has 0 aliphatic rings. The van der Waals surface area contributed by atoms with E-state index in [4.69, 9.17) is 4.42 Å². The molecule has 0 saturated heterocycles. The van der Waals surface area contributed by atoms with Gasteiger partial charge in [-0.1, -0.05) is 34.1 Å². The van der Waals surface area contributed by atoms with Crippen LogP contribution in [0.1, 0.15) is 16.1 Å². The van der Waals surface area contributed by atoms with Crippen LogP contribution < -0.4 is 0 Å². The van der Waals surface area contributed by atoms with E-state index in [9.17, 15) is 14.9 Å². The number of hydrogen-bond acceptors (Lipinski definition) is 4. The Morgan fingerprint density at radius 2 is 1.89 bits per heavy atom. The molecule has 0 atom stereocenters. The van der Waals surface area contributed by atoms with E-state index in [2.05, 4.69) is 15.9 Å². The van der Waals surface area contributed by atoms with Crippen molar-refractivity contribution in [3.63, 3.8) is 0 Å². The van der Waals surface area contributed by atoms with Crippen molar-refractivity contribution in [3.05, 3.63) is 68.4 Å². The van der Waals surface area contributed by atoms with Gasteiger partial charge in [0, 0.05) is 4.47 Å². The molecule has 5 nitrogen and oxygen atoms in total. The lowest BCUT2D eigenvalue weighted by molar-refractivity contribution is -0.402. The van der Waals surface area contributed by atoms with Crippen molar-refractivity contribution in [2.24, 2.45) is 0 Å². The van der Waals surface area contributed by atoms with Gasteiger partial charge in [-0.15, -0.1) is 0 Å². The summed E-state index contributed by atoms with van der Waals surface area (Å²) in [5, 5.41) is 10.4. The number of halogens is 1. The zero-order chi connectivity index (χ0) is 13.8. The molecule has 0 amide bonds. The molecule has 19 heavy (non-hydrogen) atoms. The van der Waals surface area contributed by atoms with E-state index >= 15 is 0 Å². The van der Waals surface area contributed by atoms with Crippen LogP contribution in [-0.2, 0) is 0 Å². The normalized spacial score (nSPS) is 10.8. The van der Waals surface area contributed by atoms with E-state index < -0.39 is 16.6 Å². The predicted molar refractivity (Wildman–Crippen MR) is 72.9 cm³/mol. The third-order valence-corrected chi connectivity index (χ3v) is 2.84. The quantitative estimate of drug-likeness (QED) is 0.371. The number of nitrogens with zero attached hydrogens (tertiary/aromatic N) is 1. The largest absolute Gasteiger partial charge is 0.433 e. The Hall–Kier alpha value is -2.21. The zero-order valence-corrected chi connectivity index (χ0v) is 11.2. The Bertz CT molecular complexity index is 643. The van der Waals surface area contributed by atoms with E-state index in [-0.39, 0.29) is 5.76 Å². The highest BCUT2D eigenvalue weighted by molar-refractivity contribution is 9.10. The van der Waals surface area contributed by atoms with Crippen molar-refractivity contribution in [2.45, 2.75) is 0 Å². The lowest BCUT2D eigenvalue weighted by Gasteiger charge is -1.93. The van der Waals surface area contributed by atoms with Crippen molar-refractivity contribution in [1.82, 2.24) is 0 Å². The van der Waals surface area contributed by atoms with Crippen LogP contribution in [0.5, 0.6) is 0 Å². The average molecular weight is 322 g/mol. The fraction of sp³-hybridized carbons (Fsp3) is 0. The van der Waals surface area contributed by atoms with Crippen LogP contribution in [0, 0.1) is 10.1 Å². The van der Waals surface area contributed by atoms with Crippen molar-refractivity contribution in [3.8, 4) is 0 Å². The Morgan fingerprint density at radius 1 is 1.21 bits per heavy atom. The maximum atomic E-state index is 11.7. The molecule has 1 aromatic carbocycles. The minimum absolute atomic E-state index is 0.0555. The van der Waals surface area contributed by atoms with Gasteiger partial charge in [0.15, 0.2) is 5.76 Å².